The highest BCUT2D eigenvalue weighted by Crippen LogP contribution is 2.21. The monoisotopic (exact) mass is 309 g/mol. The third-order valence-electron chi connectivity index (χ3n) is 2.01. The molecule has 0 aliphatic carbocycles. The van der Waals surface area contributed by atoms with Crippen LogP contribution >= 0.6 is 28.6 Å². The molecular weight excluding hydrogens is 302 g/mol. The molecule has 1 heterocycles. The summed E-state index contributed by atoms with van der Waals surface area (Å²) in [5.41, 5.74) is 1.07. The van der Waals surface area contributed by atoms with Crippen molar-refractivity contribution in [3.63, 3.8) is 0 Å². The molecule has 0 aliphatic rings. The van der Waals surface area contributed by atoms with Crippen molar-refractivity contribution in [2.24, 2.45) is 0 Å². The number of nitrogens with one attached hydrogen (secondary N) is 1. The van der Waals surface area contributed by atoms with E-state index in [0.717, 1.165) is 4.90 Å². The van der Waals surface area contributed by atoms with Crippen molar-refractivity contribution >= 4 is 40.2 Å². The zero-order valence-corrected chi connectivity index (χ0v) is 11.1. The molecular formula is C11H8BrN3OS. The molecule has 4 nitrogen and oxygen atoms in total. The Balaban J connectivity index is 2.23. The Kier molecular flexibility index (Phi) is 3.75. The first-order valence-electron chi connectivity index (χ1n) is 4.71. The summed E-state index contributed by atoms with van der Waals surface area (Å²) in [6, 6.07) is 5.26. The van der Waals surface area contributed by atoms with E-state index in [1.807, 2.05) is 0 Å². The molecule has 2 rings (SSSR count). The first kappa shape index (κ1) is 12.1. The van der Waals surface area contributed by atoms with E-state index in [1.54, 1.807) is 18.2 Å². The van der Waals surface area contributed by atoms with E-state index in [1.165, 1.54) is 18.7 Å². The van der Waals surface area contributed by atoms with E-state index in [9.17, 15) is 4.79 Å². The van der Waals surface area contributed by atoms with Gasteiger partial charge in [0, 0.05) is 9.37 Å². The van der Waals surface area contributed by atoms with E-state index >= 15 is 0 Å². The number of hydrogen-bond donors (Lipinski definition) is 2. The van der Waals surface area contributed by atoms with Crippen LogP contribution in [0, 0.1) is 0 Å². The molecule has 1 N–H and O–H groups in total. The van der Waals surface area contributed by atoms with E-state index < -0.39 is 0 Å². The van der Waals surface area contributed by atoms with E-state index in [4.69, 9.17) is 0 Å². The van der Waals surface area contributed by atoms with Gasteiger partial charge in [0.1, 0.15) is 6.33 Å². The molecule has 6 heteroatoms. The van der Waals surface area contributed by atoms with Crippen LogP contribution in [-0.2, 0) is 0 Å². The van der Waals surface area contributed by atoms with Gasteiger partial charge in [-0.05, 0) is 34.1 Å². The number of amides is 1. The van der Waals surface area contributed by atoms with Crippen molar-refractivity contribution in [2.75, 3.05) is 5.32 Å². The third kappa shape index (κ3) is 3.04. The van der Waals surface area contributed by atoms with Gasteiger partial charge in [-0.3, -0.25) is 4.79 Å². The molecule has 1 amide bonds. The number of rotatable bonds is 2. The topological polar surface area (TPSA) is 54.9 Å². The predicted octanol–water partition coefficient (Wildman–Crippen LogP) is 2.78. The Labute approximate surface area is 112 Å². The molecule has 0 bridgehead atoms. The first-order valence-corrected chi connectivity index (χ1v) is 5.96. The van der Waals surface area contributed by atoms with Gasteiger partial charge in [0.05, 0.1) is 23.6 Å². The number of carbonyl (C=O) groups excluding carboxylic acids is 1. The van der Waals surface area contributed by atoms with Gasteiger partial charge in [-0.15, -0.1) is 12.6 Å². The number of thiol groups is 1. The third-order valence-corrected chi connectivity index (χ3v) is 2.98. The Bertz CT molecular complexity index is 548. The lowest BCUT2D eigenvalue weighted by atomic mass is 10.2. The number of carbonyl (C=O) groups is 1. The lowest BCUT2D eigenvalue weighted by Gasteiger charge is -2.06. The lowest BCUT2D eigenvalue weighted by molar-refractivity contribution is 0.102. The molecule has 0 spiro atoms. The summed E-state index contributed by atoms with van der Waals surface area (Å²) < 4.78 is 0.713. The van der Waals surface area contributed by atoms with Gasteiger partial charge in [0.15, 0.2) is 0 Å². The number of halogens is 1. The van der Waals surface area contributed by atoms with Crippen LogP contribution in [0.4, 0.5) is 5.69 Å². The van der Waals surface area contributed by atoms with Gasteiger partial charge in [0.25, 0.3) is 5.91 Å². The number of nitrogens with zero attached hydrogens (tertiary/aromatic N) is 2. The maximum Gasteiger partial charge on any atom is 0.256 e. The molecule has 1 aromatic carbocycles. The summed E-state index contributed by atoms with van der Waals surface area (Å²) in [6.07, 6.45) is 4.46. The van der Waals surface area contributed by atoms with Gasteiger partial charge in [-0.1, -0.05) is 0 Å². The molecule has 86 valence electrons. The maximum atomic E-state index is 12.0. The molecule has 0 atom stereocenters. The highest BCUT2D eigenvalue weighted by molar-refractivity contribution is 9.10. The first-order chi connectivity index (χ1) is 8.16. The highest BCUT2D eigenvalue weighted by atomic mass is 79.9. The Hall–Kier alpha value is -1.40. The maximum absolute atomic E-state index is 12.0. The van der Waals surface area contributed by atoms with Crippen LogP contribution in [0.2, 0.25) is 0 Å². The van der Waals surface area contributed by atoms with Crippen LogP contribution in [-0.4, -0.2) is 15.9 Å². The Morgan fingerprint density at radius 2 is 2.00 bits per heavy atom. The van der Waals surface area contributed by atoms with Gasteiger partial charge in [0.2, 0.25) is 0 Å². The van der Waals surface area contributed by atoms with E-state index in [-0.39, 0.29) is 5.91 Å². The van der Waals surface area contributed by atoms with E-state index in [2.05, 4.69) is 43.8 Å². The smallest absolute Gasteiger partial charge is 0.256 e. The van der Waals surface area contributed by atoms with Crippen LogP contribution in [0.1, 0.15) is 10.4 Å². The summed E-state index contributed by atoms with van der Waals surface area (Å²) in [6.45, 7) is 0. The van der Waals surface area contributed by atoms with Crippen LogP contribution in [0.5, 0.6) is 0 Å². The van der Waals surface area contributed by atoms with Gasteiger partial charge < -0.3 is 5.32 Å². The molecule has 0 saturated carbocycles. The second kappa shape index (κ2) is 5.29. The van der Waals surface area contributed by atoms with Gasteiger partial charge >= 0.3 is 0 Å². The molecule has 0 fully saturated rings. The molecule has 0 aliphatic heterocycles. The van der Waals surface area contributed by atoms with Crippen LogP contribution in [0.3, 0.4) is 0 Å². The largest absolute Gasteiger partial charge is 0.319 e. The minimum atomic E-state index is -0.234. The number of hydrogen-bond acceptors (Lipinski definition) is 4. The normalized spacial score (nSPS) is 10.0. The fraction of sp³-hybridized carbons (Fsp3) is 0. The van der Waals surface area contributed by atoms with Gasteiger partial charge in [-0.25, -0.2) is 9.97 Å². The minimum absolute atomic E-state index is 0.234. The quantitative estimate of drug-likeness (QED) is 0.839. The average Bonchev–Trinajstić information content (AvgIpc) is 2.33. The molecule has 0 radical (unpaired) electrons. The van der Waals surface area contributed by atoms with Crippen molar-refractivity contribution in [1.82, 2.24) is 9.97 Å². The summed E-state index contributed by atoms with van der Waals surface area (Å²) in [4.78, 5) is 20.3. The van der Waals surface area contributed by atoms with Gasteiger partial charge in [-0.2, -0.15) is 0 Å². The second-order valence-electron chi connectivity index (χ2n) is 3.25. The predicted molar refractivity (Wildman–Crippen MR) is 71.4 cm³/mol. The van der Waals surface area contributed by atoms with Crippen molar-refractivity contribution in [1.29, 1.82) is 0 Å². The summed E-state index contributed by atoms with van der Waals surface area (Å²) in [5.74, 6) is -0.234. The van der Waals surface area contributed by atoms with Crippen LogP contribution < -0.4 is 5.32 Å². The van der Waals surface area contributed by atoms with Crippen LogP contribution in [0.25, 0.3) is 0 Å². The Morgan fingerprint density at radius 1 is 1.29 bits per heavy atom. The second-order valence-corrected chi connectivity index (χ2v) is 4.62. The summed E-state index contributed by atoms with van der Waals surface area (Å²) in [7, 11) is 0. The fourth-order valence-corrected chi connectivity index (χ4v) is 1.88. The summed E-state index contributed by atoms with van der Waals surface area (Å²) in [5, 5.41) is 2.70. The molecule has 17 heavy (non-hydrogen) atoms. The van der Waals surface area contributed by atoms with Crippen molar-refractivity contribution in [3.05, 3.63) is 47.0 Å². The zero-order valence-electron chi connectivity index (χ0n) is 8.59. The number of aromatic nitrogens is 2. The van der Waals surface area contributed by atoms with Crippen molar-refractivity contribution in [3.8, 4) is 0 Å². The molecule has 0 saturated heterocycles. The standard InChI is InChI=1S/C11H8BrN3OS/c12-10-2-1-8(17)3-9(10)11(16)15-7-4-13-6-14-5-7/h1-6,17H,(H,15,16). The molecule has 0 unspecified atom stereocenters. The molecule has 1 aromatic heterocycles. The van der Waals surface area contributed by atoms with Crippen molar-refractivity contribution in [2.45, 2.75) is 4.90 Å². The van der Waals surface area contributed by atoms with Crippen molar-refractivity contribution < 1.29 is 4.79 Å². The van der Waals surface area contributed by atoms with Crippen LogP contribution in [0.15, 0.2) is 46.3 Å². The minimum Gasteiger partial charge on any atom is -0.319 e. The Morgan fingerprint density at radius 3 is 2.71 bits per heavy atom. The van der Waals surface area contributed by atoms with E-state index in [0.29, 0.717) is 15.7 Å². The summed E-state index contributed by atoms with van der Waals surface area (Å²) >= 11 is 7.52. The fourth-order valence-electron chi connectivity index (χ4n) is 1.25. The number of anilines is 1. The zero-order chi connectivity index (χ0) is 12.3. The SMILES string of the molecule is O=C(Nc1cncnc1)c1cc(S)ccc1Br. The lowest BCUT2D eigenvalue weighted by Crippen LogP contribution is -2.12. The molecule has 2 aromatic rings. The highest BCUT2D eigenvalue weighted by Gasteiger charge is 2.10. The average molecular weight is 310 g/mol. The number of benzene rings is 1.